The van der Waals surface area contributed by atoms with Crippen LogP contribution in [0.5, 0.6) is 0 Å². The molecule has 16 heavy (non-hydrogen) atoms. The normalized spacial score (nSPS) is 26.0. The molecule has 1 N–H and O–H groups in total. The van der Waals surface area contributed by atoms with Gasteiger partial charge in [-0.15, -0.1) is 0 Å². The summed E-state index contributed by atoms with van der Waals surface area (Å²) >= 11 is 0. The molecule has 2 nitrogen and oxygen atoms in total. The van der Waals surface area contributed by atoms with Gasteiger partial charge in [0.1, 0.15) is 5.78 Å². The van der Waals surface area contributed by atoms with Gasteiger partial charge in [-0.1, -0.05) is 32.1 Å². The van der Waals surface area contributed by atoms with Crippen molar-refractivity contribution in [2.75, 3.05) is 13.1 Å². The first-order valence-corrected chi connectivity index (χ1v) is 7.12. The molecule has 1 aliphatic heterocycles. The zero-order valence-corrected chi connectivity index (χ0v) is 10.3. The molecule has 2 fully saturated rings. The molecule has 0 unspecified atom stereocenters. The molecule has 0 amide bonds. The Morgan fingerprint density at radius 1 is 0.750 bits per heavy atom. The van der Waals surface area contributed by atoms with Crippen LogP contribution < -0.4 is 5.32 Å². The van der Waals surface area contributed by atoms with E-state index in [1.165, 1.54) is 44.9 Å². The zero-order valence-electron chi connectivity index (χ0n) is 10.3. The van der Waals surface area contributed by atoms with Gasteiger partial charge in [-0.2, -0.15) is 0 Å². The molecule has 1 heterocycles. The highest BCUT2D eigenvalue weighted by Crippen LogP contribution is 2.27. The molecule has 2 rings (SSSR count). The van der Waals surface area contributed by atoms with E-state index in [0.29, 0.717) is 17.6 Å². The standard InChI is InChI=1S/C14H25NO/c16-14(13-8-10-15-11-9-13)12-6-4-2-1-3-5-7-12/h12-13,15H,1-11H2. The minimum atomic E-state index is 0.380. The lowest BCUT2D eigenvalue weighted by Gasteiger charge is -2.27. The predicted octanol–water partition coefficient (Wildman–Crippen LogP) is 2.92. The van der Waals surface area contributed by atoms with Crippen LogP contribution in [0.1, 0.15) is 57.8 Å². The molecule has 1 saturated heterocycles. The fourth-order valence-electron chi connectivity index (χ4n) is 3.18. The Bertz CT molecular complexity index is 213. The van der Waals surface area contributed by atoms with Crippen molar-refractivity contribution in [3.8, 4) is 0 Å². The second-order valence-electron chi connectivity index (χ2n) is 5.47. The second kappa shape index (κ2) is 6.39. The second-order valence-corrected chi connectivity index (χ2v) is 5.47. The molecule has 1 saturated carbocycles. The summed E-state index contributed by atoms with van der Waals surface area (Å²) in [6.45, 7) is 2.09. The zero-order chi connectivity index (χ0) is 11.2. The molecule has 0 radical (unpaired) electrons. The van der Waals surface area contributed by atoms with Crippen molar-refractivity contribution in [1.82, 2.24) is 5.32 Å². The Hall–Kier alpha value is -0.370. The molecule has 1 aliphatic carbocycles. The Labute approximate surface area is 99.2 Å². The van der Waals surface area contributed by atoms with Crippen LogP contribution in [0.2, 0.25) is 0 Å². The van der Waals surface area contributed by atoms with Crippen LogP contribution in [0.4, 0.5) is 0 Å². The number of piperidine rings is 1. The number of carbonyl (C=O) groups is 1. The Morgan fingerprint density at radius 2 is 1.25 bits per heavy atom. The van der Waals surface area contributed by atoms with E-state index in [1.54, 1.807) is 0 Å². The third-order valence-corrected chi connectivity index (χ3v) is 4.25. The largest absolute Gasteiger partial charge is 0.317 e. The molecule has 92 valence electrons. The summed E-state index contributed by atoms with van der Waals surface area (Å²) in [5.74, 6) is 1.39. The molecule has 0 atom stereocenters. The van der Waals surface area contributed by atoms with E-state index in [9.17, 15) is 4.79 Å². The predicted molar refractivity (Wildman–Crippen MR) is 66.4 cm³/mol. The fraction of sp³-hybridized carbons (Fsp3) is 0.929. The Kier molecular flexibility index (Phi) is 4.83. The number of rotatable bonds is 2. The average molecular weight is 223 g/mol. The van der Waals surface area contributed by atoms with Gasteiger partial charge in [0.25, 0.3) is 0 Å². The van der Waals surface area contributed by atoms with Crippen molar-refractivity contribution >= 4 is 5.78 Å². The van der Waals surface area contributed by atoms with Crippen LogP contribution in [0, 0.1) is 11.8 Å². The first-order chi connectivity index (χ1) is 7.88. The van der Waals surface area contributed by atoms with Crippen LogP contribution in [0.15, 0.2) is 0 Å². The number of ketones is 1. The fourth-order valence-corrected chi connectivity index (χ4v) is 3.18. The van der Waals surface area contributed by atoms with Crippen LogP contribution >= 0.6 is 0 Å². The van der Waals surface area contributed by atoms with Crippen molar-refractivity contribution in [3.05, 3.63) is 0 Å². The van der Waals surface area contributed by atoms with Gasteiger partial charge < -0.3 is 5.32 Å². The van der Waals surface area contributed by atoms with Crippen molar-refractivity contribution < 1.29 is 4.79 Å². The Morgan fingerprint density at radius 3 is 1.88 bits per heavy atom. The smallest absolute Gasteiger partial charge is 0.139 e. The van der Waals surface area contributed by atoms with E-state index in [4.69, 9.17) is 0 Å². The third-order valence-electron chi connectivity index (χ3n) is 4.25. The molecule has 0 aromatic carbocycles. The summed E-state index contributed by atoms with van der Waals surface area (Å²) in [4.78, 5) is 12.4. The lowest BCUT2D eigenvalue weighted by atomic mass is 9.80. The highest BCUT2D eigenvalue weighted by molar-refractivity contribution is 5.83. The molecule has 0 aromatic rings. The summed E-state index contributed by atoms with van der Waals surface area (Å²) in [5, 5.41) is 3.34. The van der Waals surface area contributed by atoms with E-state index in [0.717, 1.165) is 25.9 Å². The van der Waals surface area contributed by atoms with Gasteiger partial charge in [-0.3, -0.25) is 4.79 Å². The minimum Gasteiger partial charge on any atom is -0.317 e. The lowest BCUT2D eigenvalue weighted by molar-refractivity contribution is -0.128. The summed E-state index contributed by atoms with van der Waals surface area (Å²) in [7, 11) is 0. The molecule has 2 aliphatic rings. The summed E-state index contributed by atoms with van der Waals surface area (Å²) < 4.78 is 0. The molecule has 0 aromatic heterocycles. The Balaban J connectivity index is 1.85. The van der Waals surface area contributed by atoms with Crippen LogP contribution in [-0.2, 0) is 4.79 Å². The van der Waals surface area contributed by atoms with E-state index < -0.39 is 0 Å². The molecular formula is C14H25NO. The molecule has 0 bridgehead atoms. The van der Waals surface area contributed by atoms with Gasteiger partial charge in [0.2, 0.25) is 0 Å². The highest BCUT2D eigenvalue weighted by Gasteiger charge is 2.27. The van der Waals surface area contributed by atoms with Crippen LogP contribution in [0.3, 0.4) is 0 Å². The van der Waals surface area contributed by atoms with Crippen LogP contribution in [0.25, 0.3) is 0 Å². The molecule has 2 heteroatoms. The van der Waals surface area contributed by atoms with Crippen molar-refractivity contribution in [2.45, 2.75) is 57.8 Å². The summed E-state index contributed by atoms with van der Waals surface area (Å²) in [5.41, 5.74) is 0. The van der Waals surface area contributed by atoms with Crippen LogP contribution in [-0.4, -0.2) is 18.9 Å². The summed E-state index contributed by atoms with van der Waals surface area (Å²) in [6, 6.07) is 0. The maximum absolute atomic E-state index is 12.4. The van der Waals surface area contributed by atoms with Gasteiger partial charge in [0.15, 0.2) is 0 Å². The topological polar surface area (TPSA) is 29.1 Å². The van der Waals surface area contributed by atoms with Crippen molar-refractivity contribution in [1.29, 1.82) is 0 Å². The SMILES string of the molecule is O=C(C1CCCCCCC1)C1CCNCC1. The number of Topliss-reactive ketones (excluding diaryl/α,β-unsaturated/α-hetero) is 1. The van der Waals surface area contributed by atoms with Gasteiger partial charge in [-0.05, 0) is 38.8 Å². The number of hydrogen-bond donors (Lipinski definition) is 1. The number of hydrogen-bond acceptors (Lipinski definition) is 2. The molecular weight excluding hydrogens is 198 g/mol. The molecule has 0 spiro atoms. The van der Waals surface area contributed by atoms with Crippen molar-refractivity contribution in [3.63, 3.8) is 0 Å². The van der Waals surface area contributed by atoms with Crippen molar-refractivity contribution in [2.24, 2.45) is 11.8 Å². The first-order valence-electron chi connectivity index (χ1n) is 7.12. The maximum Gasteiger partial charge on any atom is 0.139 e. The maximum atomic E-state index is 12.4. The monoisotopic (exact) mass is 223 g/mol. The van der Waals surface area contributed by atoms with Gasteiger partial charge in [-0.25, -0.2) is 0 Å². The van der Waals surface area contributed by atoms with Gasteiger partial charge >= 0.3 is 0 Å². The highest BCUT2D eigenvalue weighted by atomic mass is 16.1. The van der Waals surface area contributed by atoms with Gasteiger partial charge in [0, 0.05) is 11.8 Å². The first kappa shape index (κ1) is 12.1. The van der Waals surface area contributed by atoms with Gasteiger partial charge in [0.05, 0.1) is 0 Å². The lowest BCUT2D eigenvalue weighted by Crippen LogP contribution is -2.34. The van der Waals surface area contributed by atoms with E-state index >= 15 is 0 Å². The minimum absolute atomic E-state index is 0.380. The van der Waals surface area contributed by atoms with E-state index in [1.807, 2.05) is 0 Å². The average Bonchev–Trinajstić information content (AvgIpc) is 2.29. The number of nitrogens with one attached hydrogen (secondary N) is 1. The number of carbonyl (C=O) groups excluding carboxylic acids is 1. The quantitative estimate of drug-likeness (QED) is 0.780. The van der Waals surface area contributed by atoms with E-state index in [-0.39, 0.29) is 0 Å². The summed E-state index contributed by atoms with van der Waals surface area (Å²) in [6.07, 6.45) is 11.1. The van der Waals surface area contributed by atoms with E-state index in [2.05, 4.69) is 5.32 Å². The third kappa shape index (κ3) is 3.31.